The minimum absolute atomic E-state index is 0.481. The van der Waals surface area contributed by atoms with E-state index in [0.29, 0.717) is 10.6 Å². The topological polar surface area (TPSA) is 37.3 Å². The van der Waals surface area contributed by atoms with E-state index in [2.05, 4.69) is 0 Å². The van der Waals surface area contributed by atoms with E-state index in [1.807, 2.05) is 0 Å². The second-order valence-electron chi connectivity index (χ2n) is 3.86. The lowest BCUT2D eigenvalue weighted by Crippen LogP contribution is -2.23. The van der Waals surface area contributed by atoms with Gasteiger partial charge in [0, 0.05) is 10.6 Å². The lowest BCUT2D eigenvalue weighted by molar-refractivity contribution is -0.120. The molecule has 0 heterocycles. The van der Waals surface area contributed by atoms with Crippen molar-refractivity contribution in [3.05, 3.63) is 34.9 Å². The van der Waals surface area contributed by atoms with Gasteiger partial charge in [-0.15, -0.1) is 0 Å². The predicted molar refractivity (Wildman–Crippen MR) is 56.3 cm³/mol. The Morgan fingerprint density at radius 2 is 2.00 bits per heavy atom. The minimum atomic E-state index is -0.867. The van der Waals surface area contributed by atoms with Gasteiger partial charge < -0.3 is 9.90 Å². The summed E-state index contributed by atoms with van der Waals surface area (Å²) in [5.74, 6) is 0. The summed E-state index contributed by atoms with van der Waals surface area (Å²) in [6.45, 7) is 3.35. The summed E-state index contributed by atoms with van der Waals surface area (Å²) in [5.41, 5.74) is -0.225. The van der Waals surface area contributed by atoms with Crippen LogP contribution in [0.25, 0.3) is 0 Å². The number of halogens is 1. The zero-order chi connectivity index (χ0) is 10.8. The van der Waals surface area contributed by atoms with Gasteiger partial charge in [-0.05, 0) is 6.07 Å². The van der Waals surface area contributed by atoms with E-state index in [0.717, 1.165) is 6.29 Å². The number of aldehydes is 1. The number of aliphatic hydroxyl groups excluding tert-OH is 1. The van der Waals surface area contributed by atoms with Crippen molar-refractivity contribution in [1.82, 2.24) is 0 Å². The highest BCUT2D eigenvalue weighted by molar-refractivity contribution is 6.31. The Kier molecular flexibility index (Phi) is 3.29. The number of aliphatic hydroxyl groups is 1. The number of carbonyl (C=O) groups excluding carboxylic acids is 1. The Morgan fingerprint density at radius 3 is 2.50 bits per heavy atom. The lowest BCUT2D eigenvalue weighted by atomic mass is 9.84. The van der Waals surface area contributed by atoms with Crippen molar-refractivity contribution in [3.63, 3.8) is 0 Å². The lowest BCUT2D eigenvalue weighted by Gasteiger charge is -2.25. The molecule has 0 aliphatic heterocycles. The molecule has 1 aromatic carbocycles. The van der Waals surface area contributed by atoms with E-state index >= 15 is 0 Å². The van der Waals surface area contributed by atoms with Crippen LogP contribution in [-0.2, 0) is 4.79 Å². The van der Waals surface area contributed by atoms with Gasteiger partial charge in [0.15, 0.2) is 0 Å². The van der Waals surface area contributed by atoms with E-state index < -0.39 is 11.5 Å². The van der Waals surface area contributed by atoms with Gasteiger partial charge in [0.2, 0.25) is 0 Å². The number of hydrogen-bond acceptors (Lipinski definition) is 2. The summed E-state index contributed by atoms with van der Waals surface area (Å²) in [7, 11) is 0. The number of rotatable bonds is 3. The fourth-order valence-corrected chi connectivity index (χ4v) is 1.40. The fourth-order valence-electron chi connectivity index (χ4n) is 1.16. The third-order valence-corrected chi connectivity index (χ3v) is 2.55. The fraction of sp³-hybridized carbons (Fsp3) is 0.364. The van der Waals surface area contributed by atoms with Crippen LogP contribution in [0.2, 0.25) is 5.02 Å². The summed E-state index contributed by atoms with van der Waals surface area (Å²) >= 11 is 5.91. The van der Waals surface area contributed by atoms with Gasteiger partial charge in [0.25, 0.3) is 0 Å². The molecule has 3 heteroatoms. The second-order valence-corrected chi connectivity index (χ2v) is 4.27. The first-order valence-electron chi connectivity index (χ1n) is 4.38. The van der Waals surface area contributed by atoms with Crippen molar-refractivity contribution in [3.8, 4) is 0 Å². The molecule has 0 aromatic heterocycles. The Morgan fingerprint density at radius 1 is 1.43 bits per heavy atom. The van der Waals surface area contributed by atoms with Gasteiger partial charge in [-0.2, -0.15) is 0 Å². The second kappa shape index (κ2) is 4.11. The van der Waals surface area contributed by atoms with E-state index in [1.165, 1.54) is 0 Å². The largest absolute Gasteiger partial charge is 0.387 e. The standard InChI is InChI=1S/C11H13ClO2/c1-11(2,7-13)10(14)8-5-3-4-6-9(8)12/h3-7,10,14H,1-2H3/t10-/m1/s1. The average molecular weight is 213 g/mol. The summed E-state index contributed by atoms with van der Waals surface area (Å²) in [4.78, 5) is 10.7. The molecule has 0 aliphatic carbocycles. The molecule has 76 valence electrons. The van der Waals surface area contributed by atoms with Crippen molar-refractivity contribution in [2.24, 2.45) is 5.41 Å². The van der Waals surface area contributed by atoms with E-state index in [9.17, 15) is 9.90 Å². The van der Waals surface area contributed by atoms with Crippen LogP contribution in [0.4, 0.5) is 0 Å². The highest BCUT2D eigenvalue weighted by Crippen LogP contribution is 2.34. The van der Waals surface area contributed by atoms with Gasteiger partial charge in [-0.3, -0.25) is 0 Å². The van der Waals surface area contributed by atoms with Gasteiger partial charge >= 0.3 is 0 Å². The molecule has 0 aliphatic rings. The van der Waals surface area contributed by atoms with Crippen LogP contribution in [0, 0.1) is 5.41 Å². The Hall–Kier alpha value is -0.860. The van der Waals surface area contributed by atoms with E-state index in [4.69, 9.17) is 11.6 Å². The maximum absolute atomic E-state index is 10.7. The summed E-state index contributed by atoms with van der Waals surface area (Å²) < 4.78 is 0. The predicted octanol–water partition coefficient (Wildman–Crippen LogP) is 2.60. The third-order valence-electron chi connectivity index (χ3n) is 2.21. The van der Waals surface area contributed by atoms with Crippen LogP contribution in [0.5, 0.6) is 0 Å². The van der Waals surface area contributed by atoms with Crippen molar-refractivity contribution in [2.45, 2.75) is 20.0 Å². The quantitative estimate of drug-likeness (QED) is 0.783. The molecule has 0 unspecified atom stereocenters. The molecule has 1 N–H and O–H groups in total. The smallest absolute Gasteiger partial charge is 0.128 e. The highest BCUT2D eigenvalue weighted by atomic mass is 35.5. The molecular formula is C11H13ClO2. The molecule has 0 saturated carbocycles. The number of carbonyl (C=O) groups is 1. The monoisotopic (exact) mass is 212 g/mol. The molecule has 1 atom stereocenters. The van der Waals surface area contributed by atoms with Gasteiger partial charge in [0.1, 0.15) is 6.29 Å². The van der Waals surface area contributed by atoms with Crippen LogP contribution in [0.1, 0.15) is 25.5 Å². The Bertz CT molecular complexity index is 334. The van der Waals surface area contributed by atoms with Crippen LogP contribution in [-0.4, -0.2) is 11.4 Å². The molecule has 0 amide bonds. The SMILES string of the molecule is CC(C)(C=O)[C@H](O)c1ccccc1Cl. The first-order valence-corrected chi connectivity index (χ1v) is 4.75. The molecule has 1 rings (SSSR count). The molecule has 0 bridgehead atoms. The van der Waals surface area contributed by atoms with Gasteiger partial charge in [-0.25, -0.2) is 0 Å². The third kappa shape index (κ3) is 2.14. The first-order chi connectivity index (χ1) is 6.49. The van der Waals surface area contributed by atoms with Crippen LogP contribution in [0.3, 0.4) is 0 Å². The molecule has 0 spiro atoms. The van der Waals surface area contributed by atoms with Crippen LogP contribution < -0.4 is 0 Å². The molecule has 14 heavy (non-hydrogen) atoms. The molecule has 1 aromatic rings. The van der Waals surface area contributed by atoms with Crippen molar-refractivity contribution >= 4 is 17.9 Å². The molecule has 0 fully saturated rings. The summed E-state index contributed by atoms with van der Waals surface area (Å²) in [6, 6.07) is 6.98. The summed E-state index contributed by atoms with van der Waals surface area (Å²) in [5, 5.41) is 10.4. The minimum Gasteiger partial charge on any atom is -0.387 e. The maximum Gasteiger partial charge on any atom is 0.128 e. The molecule has 0 radical (unpaired) electrons. The average Bonchev–Trinajstić information content (AvgIpc) is 2.17. The van der Waals surface area contributed by atoms with Crippen LogP contribution >= 0.6 is 11.6 Å². The molecule has 2 nitrogen and oxygen atoms in total. The van der Waals surface area contributed by atoms with Crippen molar-refractivity contribution in [2.75, 3.05) is 0 Å². The Balaban J connectivity index is 3.06. The maximum atomic E-state index is 10.7. The van der Waals surface area contributed by atoms with E-state index in [-0.39, 0.29) is 0 Å². The van der Waals surface area contributed by atoms with Crippen molar-refractivity contribution < 1.29 is 9.90 Å². The van der Waals surface area contributed by atoms with Gasteiger partial charge in [-0.1, -0.05) is 43.6 Å². The number of hydrogen-bond donors (Lipinski definition) is 1. The van der Waals surface area contributed by atoms with Gasteiger partial charge in [0.05, 0.1) is 11.5 Å². The van der Waals surface area contributed by atoms with Crippen molar-refractivity contribution in [1.29, 1.82) is 0 Å². The molecular weight excluding hydrogens is 200 g/mol. The highest BCUT2D eigenvalue weighted by Gasteiger charge is 2.29. The normalized spacial score (nSPS) is 13.7. The van der Waals surface area contributed by atoms with E-state index in [1.54, 1.807) is 38.1 Å². The van der Waals surface area contributed by atoms with Crippen LogP contribution in [0.15, 0.2) is 24.3 Å². The summed E-state index contributed by atoms with van der Waals surface area (Å²) in [6.07, 6.45) is -0.130. The zero-order valence-electron chi connectivity index (χ0n) is 8.20. The Labute approximate surface area is 88.5 Å². The number of benzene rings is 1. The first kappa shape index (κ1) is 11.2. The molecule has 0 saturated heterocycles. The zero-order valence-corrected chi connectivity index (χ0v) is 8.95.